The molecule has 1 aliphatic rings. The van der Waals surface area contributed by atoms with E-state index in [-0.39, 0.29) is 48.3 Å². The zero-order valence-corrected chi connectivity index (χ0v) is 19.5. The summed E-state index contributed by atoms with van der Waals surface area (Å²) in [6.45, 7) is 3.88. The number of hydrogen-bond donors (Lipinski definition) is 0. The van der Waals surface area contributed by atoms with Gasteiger partial charge in [-0.15, -0.1) is 0 Å². The summed E-state index contributed by atoms with van der Waals surface area (Å²) in [6, 6.07) is 12.6. The van der Waals surface area contributed by atoms with E-state index in [1.54, 1.807) is 24.3 Å². The van der Waals surface area contributed by atoms with Crippen molar-refractivity contribution in [3.05, 3.63) is 65.0 Å². The Labute approximate surface area is 196 Å². The normalized spacial score (nSPS) is 19.4. The van der Waals surface area contributed by atoms with Gasteiger partial charge in [0, 0.05) is 23.7 Å². The Bertz CT molecular complexity index is 1240. The third kappa shape index (κ3) is 5.41. The molecule has 0 aliphatic carbocycles. The predicted octanol–water partition coefficient (Wildman–Crippen LogP) is 3.54. The van der Waals surface area contributed by atoms with E-state index in [2.05, 4.69) is 10.1 Å². The van der Waals surface area contributed by atoms with Crippen LogP contribution >= 0.6 is 11.6 Å². The summed E-state index contributed by atoms with van der Waals surface area (Å²) in [5.41, 5.74) is 0.799. The second kappa shape index (κ2) is 9.60. The van der Waals surface area contributed by atoms with Gasteiger partial charge in [0.1, 0.15) is 0 Å². The van der Waals surface area contributed by atoms with E-state index >= 15 is 0 Å². The van der Waals surface area contributed by atoms with Crippen LogP contribution in [-0.4, -0.2) is 54.1 Å². The Kier molecular flexibility index (Phi) is 6.80. The first kappa shape index (κ1) is 23.4. The minimum Gasteiger partial charge on any atom is -0.452 e. The number of sulfonamides is 1. The lowest BCUT2D eigenvalue weighted by atomic mass is 10.2. The molecule has 2 aromatic carbocycles. The number of nitrogens with zero attached hydrogens (tertiary/aromatic N) is 3. The van der Waals surface area contributed by atoms with Crippen molar-refractivity contribution < 1.29 is 27.2 Å². The molecule has 0 radical (unpaired) electrons. The molecule has 0 saturated carbocycles. The number of rotatable bonds is 6. The van der Waals surface area contributed by atoms with E-state index in [0.29, 0.717) is 16.4 Å². The summed E-state index contributed by atoms with van der Waals surface area (Å²) in [4.78, 5) is 16.7. The molecular formula is C22H22ClN3O6S. The van der Waals surface area contributed by atoms with Gasteiger partial charge in [0.05, 0.1) is 22.7 Å². The maximum atomic E-state index is 13.1. The number of carbonyl (C=O) groups is 1. The van der Waals surface area contributed by atoms with Crippen LogP contribution in [0.15, 0.2) is 57.9 Å². The molecule has 0 N–H and O–H groups in total. The highest BCUT2D eigenvalue weighted by Crippen LogP contribution is 2.23. The van der Waals surface area contributed by atoms with Crippen molar-refractivity contribution in [2.45, 2.75) is 37.6 Å². The van der Waals surface area contributed by atoms with Crippen LogP contribution in [0.1, 0.15) is 30.1 Å². The van der Waals surface area contributed by atoms with Crippen LogP contribution < -0.4 is 0 Å². The Hall–Kier alpha value is -2.79. The molecule has 2 atom stereocenters. The molecule has 0 amide bonds. The second-order valence-corrected chi connectivity index (χ2v) is 10.1. The molecule has 33 heavy (non-hydrogen) atoms. The Balaban J connectivity index is 1.43. The van der Waals surface area contributed by atoms with E-state index < -0.39 is 16.0 Å². The summed E-state index contributed by atoms with van der Waals surface area (Å²) >= 11 is 5.88. The van der Waals surface area contributed by atoms with Gasteiger partial charge < -0.3 is 14.0 Å². The van der Waals surface area contributed by atoms with Crippen LogP contribution in [0.4, 0.5) is 0 Å². The zero-order valence-electron chi connectivity index (χ0n) is 18.0. The fourth-order valence-corrected chi connectivity index (χ4v) is 5.26. The van der Waals surface area contributed by atoms with Gasteiger partial charge >= 0.3 is 5.97 Å². The van der Waals surface area contributed by atoms with Gasteiger partial charge in [-0.25, -0.2) is 13.2 Å². The molecule has 2 heterocycles. The summed E-state index contributed by atoms with van der Waals surface area (Å²) in [7, 11) is -3.79. The Morgan fingerprint density at radius 3 is 2.55 bits per heavy atom. The molecule has 174 valence electrons. The molecule has 4 rings (SSSR count). The van der Waals surface area contributed by atoms with Crippen LogP contribution in [0.3, 0.4) is 0 Å². The lowest BCUT2D eigenvalue weighted by molar-refractivity contribution is -0.0440. The van der Waals surface area contributed by atoms with Gasteiger partial charge in [-0.1, -0.05) is 22.8 Å². The molecule has 1 fully saturated rings. The molecule has 1 saturated heterocycles. The van der Waals surface area contributed by atoms with Gasteiger partial charge in [-0.2, -0.15) is 9.29 Å². The SMILES string of the molecule is CC1CN(S(=O)(=O)c2cccc(C(=O)OCc3nc(-c4ccc(Cl)cc4)no3)c2)CC(C)O1. The molecule has 1 aliphatic heterocycles. The fourth-order valence-electron chi connectivity index (χ4n) is 3.50. The van der Waals surface area contributed by atoms with Gasteiger partial charge in [-0.3, -0.25) is 0 Å². The van der Waals surface area contributed by atoms with Crippen LogP contribution in [0, 0.1) is 0 Å². The second-order valence-electron chi connectivity index (χ2n) is 7.70. The molecule has 9 nitrogen and oxygen atoms in total. The molecule has 0 bridgehead atoms. The van der Waals surface area contributed by atoms with Crippen molar-refractivity contribution in [1.82, 2.24) is 14.4 Å². The van der Waals surface area contributed by atoms with E-state index in [1.165, 1.54) is 28.6 Å². The molecular weight excluding hydrogens is 470 g/mol. The van der Waals surface area contributed by atoms with Crippen LogP contribution in [0.2, 0.25) is 5.02 Å². The van der Waals surface area contributed by atoms with Crippen molar-refractivity contribution in [1.29, 1.82) is 0 Å². The number of esters is 1. The number of ether oxygens (including phenoxy) is 2. The maximum absolute atomic E-state index is 13.1. The van der Waals surface area contributed by atoms with E-state index in [9.17, 15) is 13.2 Å². The predicted molar refractivity (Wildman–Crippen MR) is 119 cm³/mol. The molecule has 3 aromatic rings. The van der Waals surface area contributed by atoms with Crippen LogP contribution in [-0.2, 0) is 26.1 Å². The van der Waals surface area contributed by atoms with E-state index in [1.807, 2.05) is 13.8 Å². The Morgan fingerprint density at radius 2 is 1.85 bits per heavy atom. The van der Waals surface area contributed by atoms with E-state index in [4.69, 9.17) is 25.6 Å². The van der Waals surface area contributed by atoms with Gasteiger partial charge in [0.25, 0.3) is 5.89 Å². The van der Waals surface area contributed by atoms with Crippen LogP contribution in [0.5, 0.6) is 0 Å². The molecule has 11 heteroatoms. The average molecular weight is 492 g/mol. The standard InChI is InChI=1S/C22H22ClN3O6S/c1-14-11-26(12-15(2)31-14)33(28,29)19-5-3-4-17(10-19)22(27)30-13-20-24-21(25-32-20)16-6-8-18(23)9-7-16/h3-10,14-15H,11-13H2,1-2H3. The first-order valence-electron chi connectivity index (χ1n) is 10.2. The summed E-state index contributed by atoms with van der Waals surface area (Å²) < 4.78 is 43.5. The molecule has 0 spiro atoms. The quantitative estimate of drug-likeness (QED) is 0.481. The molecule has 2 unspecified atom stereocenters. The Morgan fingerprint density at radius 1 is 1.15 bits per heavy atom. The first-order chi connectivity index (χ1) is 15.7. The minimum atomic E-state index is -3.79. The monoisotopic (exact) mass is 491 g/mol. The summed E-state index contributed by atoms with van der Waals surface area (Å²) in [5, 5.41) is 4.44. The highest BCUT2D eigenvalue weighted by molar-refractivity contribution is 7.89. The van der Waals surface area contributed by atoms with Crippen molar-refractivity contribution in [3.8, 4) is 11.4 Å². The minimum absolute atomic E-state index is 0.0149. The highest BCUT2D eigenvalue weighted by Gasteiger charge is 2.32. The first-order valence-corrected chi connectivity index (χ1v) is 12.1. The van der Waals surface area contributed by atoms with Crippen molar-refractivity contribution in [2.24, 2.45) is 0 Å². The lowest BCUT2D eigenvalue weighted by Crippen LogP contribution is -2.48. The number of carbonyl (C=O) groups excluding carboxylic acids is 1. The number of morpholine rings is 1. The number of aromatic nitrogens is 2. The fraction of sp³-hybridized carbons (Fsp3) is 0.318. The van der Waals surface area contributed by atoms with E-state index in [0.717, 1.165) is 0 Å². The number of hydrogen-bond acceptors (Lipinski definition) is 8. The zero-order chi connectivity index (χ0) is 23.6. The smallest absolute Gasteiger partial charge is 0.338 e. The highest BCUT2D eigenvalue weighted by atomic mass is 35.5. The third-order valence-electron chi connectivity index (χ3n) is 4.99. The largest absolute Gasteiger partial charge is 0.452 e. The third-order valence-corrected chi connectivity index (χ3v) is 7.07. The van der Waals surface area contributed by atoms with Gasteiger partial charge in [-0.05, 0) is 56.3 Å². The lowest BCUT2D eigenvalue weighted by Gasteiger charge is -2.34. The number of benzene rings is 2. The topological polar surface area (TPSA) is 112 Å². The maximum Gasteiger partial charge on any atom is 0.338 e. The van der Waals surface area contributed by atoms with Crippen LogP contribution in [0.25, 0.3) is 11.4 Å². The number of halogens is 1. The van der Waals surface area contributed by atoms with Crippen molar-refractivity contribution in [3.63, 3.8) is 0 Å². The van der Waals surface area contributed by atoms with Crippen molar-refractivity contribution >= 4 is 27.6 Å². The average Bonchev–Trinajstić information content (AvgIpc) is 3.26. The van der Waals surface area contributed by atoms with Gasteiger partial charge in [0.2, 0.25) is 15.8 Å². The van der Waals surface area contributed by atoms with Crippen molar-refractivity contribution in [2.75, 3.05) is 13.1 Å². The van der Waals surface area contributed by atoms with Gasteiger partial charge in [0.15, 0.2) is 6.61 Å². The molecule has 1 aromatic heterocycles. The summed E-state index contributed by atoms with van der Waals surface area (Å²) in [6.07, 6.45) is -0.437. The summed E-state index contributed by atoms with van der Waals surface area (Å²) in [5.74, 6) is -0.268.